The molecule has 5 nitrogen and oxygen atoms in total. The number of carbonyl (C=O) groups is 1. The number of fused-ring (bicyclic) bond motifs is 1. The maximum atomic E-state index is 13.4. The van der Waals surface area contributed by atoms with Crippen LogP contribution in [0.25, 0.3) is 10.9 Å². The van der Waals surface area contributed by atoms with Crippen LogP contribution in [0, 0.1) is 17.7 Å². The Morgan fingerprint density at radius 2 is 2.00 bits per heavy atom. The summed E-state index contributed by atoms with van der Waals surface area (Å²) < 4.78 is 18.9. The van der Waals surface area contributed by atoms with Gasteiger partial charge in [0.15, 0.2) is 0 Å². The number of rotatable bonds is 12. The molecule has 3 aromatic rings. The Balaban J connectivity index is 1.31. The van der Waals surface area contributed by atoms with Gasteiger partial charge >= 0.3 is 5.97 Å². The second-order valence-electron chi connectivity index (χ2n) is 10.0. The summed E-state index contributed by atoms with van der Waals surface area (Å²) in [5, 5.41) is 10.4. The van der Waals surface area contributed by atoms with Crippen LogP contribution < -0.4 is 4.74 Å². The van der Waals surface area contributed by atoms with Crippen molar-refractivity contribution in [3.8, 4) is 5.75 Å². The Kier molecular flexibility index (Phi) is 9.29. The van der Waals surface area contributed by atoms with Gasteiger partial charge in [-0.3, -0.25) is 9.78 Å². The van der Waals surface area contributed by atoms with Gasteiger partial charge < -0.3 is 14.7 Å². The zero-order valence-corrected chi connectivity index (χ0v) is 21.2. The number of ether oxygens (including phenoxy) is 1. The average molecular weight is 493 g/mol. The number of methoxy groups -OCH3 is 1. The molecule has 2 aromatic carbocycles. The van der Waals surface area contributed by atoms with Crippen molar-refractivity contribution in [2.45, 2.75) is 51.4 Å². The summed E-state index contributed by atoms with van der Waals surface area (Å²) >= 11 is 0. The zero-order chi connectivity index (χ0) is 25.3. The molecular weight excluding hydrogens is 455 g/mol. The van der Waals surface area contributed by atoms with E-state index in [2.05, 4.69) is 22.0 Å². The fraction of sp³-hybridized carbons (Fsp3) is 0.467. The SMILES string of the molecule is COc1ccc2nccc(CCC[C@@H]3CCN(CCCc4cccc(F)c4)C[C@@H]3CCC(=O)O)c2c1. The van der Waals surface area contributed by atoms with Gasteiger partial charge in [0, 0.05) is 24.5 Å². The van der Waals surface area contributed by atoms with Crippen LogP contribution in [0.4, 0.5) is 4.39 Å². The highest BCUT2D eigenvalue weighted by Crippen LogP contribution is 2.32. The topological polar surface area (TPSA) is 62.7 Å². The van der Waals surface area contributed by atoms with Crippen molar-refractivity contribution in [1.82, 2.24) is 9.88 Å². The van der Waals surface area contributed by atoms with Gasteiger partial charge in [0.1, 0.15) is 11.6 Å². The average Bonchev–Trinajstić information content (AvgIpc) is 2.88. The number of aliphatic carboxylic acids is 1. The quantitative estimate of drug-likeness (QED) is 0.329. The van der Waals surface area contributed by atoms with E-state index < -0.39 is 5.97 Å². The molecular formula is C30H37FN2O3. The molecule has 0 spiro atoms. The molecule has 1 aromatic heterocycles. The lowest BCUT2D eigenvalue weighted by atomic mass is 9.79. The van der Waals surface area contributed by atoms with Crippen LogP contribution in [0.1, 0.15) is 49.7 Å². The molecule has 0 radical (unpaired) electrons. The van der Waals surface area contributed by atoms with Crippen molar-refractivity contribution in [2.75, 3.05) is 26.7 Å². The summed E-state index contributed by atoms with van der Waals surface area (Å²) in [5.41, 5.74) is 3.31. The Hall–Kier alpha value is -2.99. The number of halogens is 1. The van der Waals surface area contributed by atoms with Gasteiger partial charge in [-0.15, -0.1) is 0 Å². The van der Waals surface area contributed by atoms with E-state index in [1.807, 2.05) is 24.4 Å². The Labute approximate surface area is 213 Å². The van der Waals surface area contributed by atoms with E-state index in [1.54, 1.807) is 19.2 Å². The van der Waals surface area contributed by atoms with Gasteiger partial charge in [-0.05, 0) is 117 Å². The molecule has 2 atom stereocenters. The third-order valence-electron chi connectivity index (χ3n) is 7.59. The number of hydrogen-bond donors (Lipinski definition) is 1. The van der Waals surface area contributed by atoms with Gasteiger partial charge in [0.05, 0.1) is 12.6 Å². The molecule has 6 heteroatoms. The summed E-state index contributed by atoms with van der Waals surface area (Å²) in [4.78, 5) is 18.3. The summed E-state index contributed by atoms with van der Waals surface area (Å²) in [6.07, 6.45) is 8.95. The zero-order valence-electron chi connectivity index (χ0n) is 21.2. The predicted molar refractivity (Wildman–Crippen MR) is 141 cm³/mol. The normalized spacial score (nSPS) is 18.4. The summed E-state index contributed by atoms with van der Waals surface area (Å²) in [5.74, 6) is 0.898. The number of nitrogens with zero attached hydrogens (tertiary/aromatic N) is 2. The first kappa shape index (κ1) is 26.1. The highest BCUT2D eigenvalue weighted by molar-refractivity contribution is 5.83. The van der Waals surface area contributed by atoms with Crippen LogP contribution in [0.2, 0.25) is 0 Å². The van der Waals surface area contributed by atoms with Crippen molar-refractivity contribution in [3.05, 3.63) is 71.7 Å². The molecule has 2 heterocycles. The van der Waals surface area contributed by atoms with Crippen molar-refractivity contribution in [1.29, 1.82) is 0 Å². The van der Waals surface area contributed by atoms with E-state index in [9.17, 15) is 14.3 Å². The molecule has 0 saturated carbocycles. The number of carboxylic acid groups (broad SMARTS) is 1. The molecule has 1 N–H and O–H groups in total. The Morgan fingerprint density at radius 3 is 2.81 bits per heavy atom. The van der Waals surface area contributed by atoms with Gasteiger partial charge in [0.2, 0.25) is 0 Å². The summed E-state index contributed by atoms with van der Waals surface area (Å²) in [7, 11) is 1.68. The summed E-state index contributed by atoms with van der Waals surface area (Å²) in [6, 6.07) is 15.0. The minimum absolute atomic E-state index is 0.180. The second-order valence-corrected chi connectivity index (χ2v) is 10.0. The van der Waals surface area contributed by atoms with Gasteiger partial charge in [0.25, 0.3) is 0 Å². The first-order chi connectivity index (χ1) is 17.5. The highest BCUT2D eigenvalue weighted by atomic mass is 19.1. The van der Waals surface area contributed by atoms with E-state index in [-0.39, 0.29) is 12.2 Å². The smallest absolute Gasteiger partial charge is 0.303 e. The number of hydrogen-bond acceptors (Lipinski definition) is 4. The lowest BCUT2D eigenvalue weighted by Gasteiger charge is -2.39. The van der Waals surface area contributed by atoms with E-state index in [0.29, 0.717) is 11.8 Å². The third kappa shape index (κ3) is 7.26. The van der Waals surface area contributed by atoms with Gasteiger partial charge in [-0.1, -0.05) is 12.1 Å². The number of likely N-dealkylation sites (tertiary alicyclic amines) is 1. The molecule has 0 amide bonds. The molecule has 4 rings (SSSR count). The van der Waals surface area contributed by atoms with Crippen molar-refractivity contribution < 1.29 is 19.0 Å². The lowest BCUT2D eigenvalue weighted by molar-refractivity contribution is -0.137. The number of aromatic nitrogens is 1. The molecule has 1 aliphatic rings. The fourth-order valence-corrected chi connectivity index (χ4v) is 5.66. The van der Waals surface area contributed by atoms with E-state index in [0.717, 1.165) is 86.8 Å². The first-order valence-corrected chi connectivity index (χ1v) is 13.1. The summed E-state index contributed by atoms with van der Waals surface area (Å²) in [6.45, 7) is 2.97. The molecule has 1 fully saturated rings. The van der Waals surface area contributed by atoms with Crippen LogP contribution >= 0.6 is 0 Å². The molecule has 0 unspecified atom stereocenters. The van der Waals surface area contributed by atoms with Crippen LogP contribution in [-0.2, 0) is 17.6 Å². The van der Waals surface area contributed by atoms with Crippen LogP contribution in [0.3, 0.4) is 0 Å². The van der Waals surface area contributed by atoms with E-state index in [1.165, 1.54) is 11.6 Å². The third-order valence-corrected chi connectivity index (χ3v) is 7.59. The maximum absolute atomic E-state index is 13.4. The predicted octanol–water partition coefficient (Wildman–Crippen LogP) is 6.14. The largest absolute Gasteiger partial charge is 0.497 e. The Morgan fingerprint density at radius 1 is 1.11 bits per heavy atom. The van der Waals surface area contributed by atoms with Crippen molar-refractivity contribution in [2.24, 2.45) is 11.8 Å². The monoisotopic (exact) mass is 492 g/mol. The molecule has 192 valence electrons. The second kappa shape index (κ2) is 12.8. The molecule has 1 saturated heterocycles. The van der Waals surface area contributed by atoms with Crippen LogP contribution in [-0.4, -0.2) is 47.7 Å². The number of pyridine rings is 1. The van der Waals surface area contributed by atoms with Crippen molar-refractivity contribution >= 4 is 16.9 Å². The number of benzene rings is 2. The number of aryl methyl sites for hydroxylation is 2. The minimum atomic E-state index is -0.714. The van der Waals surface area contributed by atoms with E-state index in [4.69, 9.17) is 4.74 Å². The lowest BCUT2D eigenvalue weighted by Crippen LogP contribution is -2.41. The maximum Gasteiger partial charge on any atom is 0.303 e. The van der Waals surface area contributed by atoms with E-state index >= 15 is 0 Å². The molecule has 36 heavy (non-hydrogen) atoms. The molecule has 1 aliphatic heterocycles. The Bertz CT molecular complexity index is 1150. The standard InChI is InChI=1S/C30H37FN2O3/c1-36-27-11-12-29-28(20-27)24(14-16-32-29)8-3-7-23-15-18-33(21-25(23)10-13-30(34)35)17-4-6-22-5-2-9-26(31)19-22/h2,5,9,11-12,14,16,19-20,23,25H,3-4,6-8,10,13,15,17-18,21H2,1H3,(H,34,35)/t23-,25+/m1/s1. The molecule has 0 bridgehead atoms. The first-order valence-electron chi connectivity index (χ1n) is 13.1. The van der Waals surface area contributed by atoms with Crippen LogP contribution in [0.5, 0.6) is 5.75 Å². The minimum Gasteiger partial charge on any atom is -0.497 e. The number of carboxylic acids is 1. The van der Waals surface area contributed by atoms with Crippen LogP contribution in [0.15, 0.2) is 54.7 Å². The number of piperidine rings is 1. The molecule has 0 aliphatic carbocycles. The van der Waals surface area contributed by atoms with Gasteiger partial charge in [-0.2, -0.15) is 0 Å². The van der Waals surface area contributed by atoms with Crippen molar-refractivity contribution in [3.63, 3.8) is 0 Å². The highest BCUT2D eigenvalue weighted by Gasteiger charge is 2.29. The van der Waals surface area contributed by atoms with Gasteiger partial charge in [-0.25, -0.2) is 4.39 Å². The fourth-order valence-electron chi connectivity index (χ4n) is 5.66.